The van der Waals surface area contributed by atoms with Gasteiger partial charge in [0.1, 0.15) is 6.04 Å². The number of hydrogen-bond donors (Lipinski definition) is 4. The summed E-state index contributed by atoms with van der Waals surface area (Å²) >= 11 is 0. The Morgan fingerprint density at radius 3 is 1.61 bits per heavy atom. The van der Waals surface area contributed by atoms with Gasteiger partial charge in [-0.15, -0.1) is 0 Å². The molecule has 2 atom stereocenters. The number of carbonyl (C=O) groups excluding carboxylic acids is 1. The molecule has 0 fully saturated rings. The Morgan fingerprint density at radius 2 is 1.18 bits per heavy atom. The second-order valence-corrected chi connectivity index (χ2v) is 11.1. The monoisotopic (exact) mass is 563 g/mol. The number of nitrogens with zero attached hydrogens (tertiary/aromatic N) is 1. The van der Waals surface area contributed by atoms with E-state index in [1.807, 2.05) is 0 Å². The number of carbonyl (C=O) groups is 4. The maximum absolute atomic E-state index is 12.6. The minimum atomic E-state index is -5.13. The fourth-order valence-corrected chi connectivity index (χ4v) is 4.68. The Hall–Kier alpha value is -2.47. The van der Waals surface area contributed by atoms with Crippen LogP contribution in [0.4, 0.5) is 0 Å². The normalized spacial score (nSPS) is 13.3. The highest BCUT2D eigenvalue weighted by atomic mass is 32.2. The molecule has 220 valence electrons. The van der Waals surface area contributed by atoms with Crippen molar-refractivity contribution in [3.63, 3.8) is 0 Å². The molecule has 0 spiro atoms. The number of amides is 1. The van der Waals surface area contributed by atoms with Crippen molar-refractivity contribution in [1.82, 2.24) is 4.90 Å². The highest BCUT2D eigenvalue weighted by Gasteiger charge is 2.38. The average Bonchev–Trinajstić information content (AvgIpc) is 2.82. The summed E-state index contributed by atoms with van der Waals surface area (Å²) in [5, 5.41) is 25.0. The zero-order valence-electron chi connectivity index (χ0n) is 22.4. The summed E-state index contributed by atoms with van der Waals surface area (Å²) in [5.74, 6) is -6.23. The van der Waals surface area contributed by atoms with E-state index in [2.05, 4.69) is 19.1 Å². The largest absolute Gasteiger partial charge is 0.481 e. The fraction of sp³-hybridized carbons (Fsp3) is 0.769. The third kappa shape index (κ3) is 17.1. The molecule has 0 aliphatic heterocycles. The first kappa shape index (κ1) is 35.5. The van der Waals surface area contributed by atoms with Crippen molar-refractivity contribution in [3.05, 3.63) is 12.2 Å². The van der Waals surface area contributed by atoms with Crippen LogP contribution in [0.3, 0.4) is 0 Å². The van der Waals surface area contributed by atoms with Crippen molar-refractivity contribution in [1.29, 1.82) is 0 Å². The van der Waals surface area contributed by atoms with Gasteiger partial charge in [0, 0.05) is 6.54 Å². The quantitative estimate of drug-likeness (QED) is 0.0739. The van der Waals surface area contributed by atoms with Crippen molar-refractivity contribution in [2.45, 2.75) is 121 Å². The minimum absolute atomic E-state index is 0.178. The van der Waals surface area contributed by atoms with E-state index in [1.165, 1.54) is 38.5 Å². The van der Waals surface area contributed by atoms with Crippen LogP contribution >= 0.6 is 0 Å². The van der Waals surface area contributed by atoms with Gasteiger partial charge < -0.3 is 20.2 Å². The molecule has 0 heterocycles. The summed E-state index contributed by atoms with van der Waals surface area (Å²) in [4.78, 5) is 47.3. The van der Waals surface area contributed by atoms with Gasteiger partial charge in [0.25, 0.3) is 10.1 Å². The number of rotatable bonds is 24. The van der Waals surface area contributed by atoms with E-state index in [1.54, 1.807) is 0 Å². The Morgan fingerprint density at radius 1 is 0.711 bits per heavy atom. The van der Waals surface area contributed by atoms with E-state index >= 15 is 0 Å². The maximum atomic E-state index is 12.6. The van der Waals surface area contributed by atoms with Crippen molar-refractivity contribution in [2.75, 3.05) is 6.54 Å². The van der Waals surface area contributed by atoms with Crippen LogP contribution in [0.15, 0.2) is 12.2 Å². The topological polar surface area (TPSA) is 187 Å². The Kier molecular flexibility index (Phi) is 19.2. The van der Waals surface area contributed by atoms with Crippen LogP contribution in [0.2, 0.25) is 0 Å². The summed E-state index contributed by atoms with van der Waals surface area (Å²) in [6.07, 6.45) is 16.9. The van der Waals surface area contributed by atoms with Gasteiger partial charge in [-0.3, -0.25) is 18.9 Å². The predicted molar refractivity (Wildman–Crippen MR) is 142 cm³/mol. The zero-order chi connectivity index (χ0) is 29.0. The first-order chi connectivity index (χ1) is 17.9. The lowest BCUT2D eigenvalue weighted by atomic mass is 10.1. The highest BCUT2D eigenvalue weighted by Crippen LogP contribution is 2.16. The van der Waals surface area contributed by atoms with Gasteiger partial charge in [0.2, 0.25) is 5.91 Å². The van der Waals surface area contributed by atoms with Crippen molar-refractivity contribution in [3.8, 4) is 0 Å². The van der Waals surface area contributed by atoms with E-state index in [9.17, 15) is 32.7 Å². The molecule has 0 aromatic rings. The number of hydrogen-bond acceptors (Lipinski definition) is 6. The molecular formula is C26H45NO10S. The SMILES string of the molecule is CCCCCCCCC=CCCCCCCCCN(C(=O)CC(C(=O)O)S(=O)(=O)O)C(CC(=O)O)C(=O)O. The molecule has 0 bridgehead atoms. The Bertz CT molecular complexity index is 856. The van der Waals surface area contributed by atoms with E-state index < -0.39 is 58.1 Å². The lowest BCUT2D eigenvalue weighted by Crippen LogP contribution is -2.48. The number of carboxylic acid groups (broad SMARTS) is 3. The highest BCUT2D eigenvalue weighted by molar-refractivity contribution is 7.87. The van der Waals surface area contributed by atoms with E-state index in [0.717, 1.165) is 38.5 Å². The van der Waals surface area contributed by atoms with Gasteiger partial charge in [-0.1, -0.05) is 76.9 Å². The zero-order valence-corrected chi connectivity index (χ0v) is 23.2. The van der Waals surface area contributed by atoms with Gasteiger partial charge >= 0.3 is 17.9 Å². The van der Waals surface area contributed by atoms with E-state index in [-0.39, 0.29) is 6.54 Å². The maximum Gasteiger partial charge on any atom is 0.327 e. The Balaban J connectivity index is 4.56. The van der Waals surface area contributed by atoms with Gasteiger partial charge in [-0.25, -0.2) is 4.79 Å². The van der Waals surface area contributed by atoms with Gasteiger partial charge in [-0.2, -0.15) is 8.42 Å². The second kappa shape index (κ2) is 20.5. The number of unbranched alkanes of at least 4 members (excludes halogenated alkanes) is 12. The van der Waals surface area contributed by atoms with E-state index in [4.69, 9.17) is 14.8 Å². The van der Waals surface area contributed by atoms with Crippen LogP contribution in [-0.4, -0.2) is 74.8 Å². The summed E-state index contributed by atoms with van der Waals surface area (Å²) in [7, 11) is -5.13. The standard InChI is InChI=1S/C26H45NO10S/c1-2-3-4-5-6-7-8-9-10-11-12-13-14-15-16-17-18-27(21(25(31)32)19-24(29)30)23(28)20-22(26(33)34)38(35,36)37/h9-10,21-22H,2-8,11-20H2,1H3,(H,29,30)(H,31,32)(H,33,34)(H,35,36,37). The Labute approximate surface area is 226 Å². The molecule has 0 rings (SSSR count). The number of carboxylic acids is 3. The van der Waals surface area contributed by atoms with Crippen molar-refractivity contribution < 1.29 is 47.5 Å². The summed E-state index contributed by atoms with van der Waals surface area (Å²) in [6.45, 7) is 2.03. The van der Waals surface area contributed by atoms with Crippen molar-refractivity contribution >= 4 is 33.9 Å². The molecule has 0 saturated heterocycles. The molecule has 12 heteroatoms. The van der Waals surface area contributed by atoms with Crippen LogP contribution < -0.4 is 0 Å². The third-order valence-corrected chi connectivity index (χ3v) is 7.34. The van der Waals surface area contributed by atoms with Crippen LogP contribution in [0.5, 0.6) is 0 Å². The molecule has 0 saturated carbocycles. The summed E-state index contributed by atoms with van der Waals surface area (Å²) in [5.41, 5.74) is 0. The number of allylic oxidation sites excluding steroid dienone is 2. The van der Waals surface area contributed by atoms with Crippen LogP contribution in [0.1, 0.15) is 110 Å². The smallest absolute Gasteiger partial charge is 0.327 e. The second-order valence-electron chi connectivity index (χ2n) is 9.52. The molecule has 2 unspecified atom stereocenters. The van der Waals surface area contributed by atoms with Gasteiger partial charge in [0.15, 0.2) is 5.25 Å². The van der Waals surface area contributed by atoms with Crippen LogP contribution in [-0.2, 0) is 29.3 Å². The average molecular weight is 564 g/mol. The van der Waals surface area contributed by atoms with Crippen LogP contribution in [0.25, 0.3) is 0 Å². The first-order valence-corrected chi connectivity index (χ1v) is 15.0. The summed E-state index contributed by atoms with van der Waals surface area (Å²) in [6, 6.07) is -1.79. The molecule has 0 aliphatic rings. The molecule has 38 heavy (non-hydrogen) atoms. The van der Waals surface area contributed by atoms with Crippen molar-refractivity contribution in [2.24, 2.45) is 0 Å². The third-order valence-electron chi connectivity index (χ3n) is 6.26. The fourth-order valence-electron chi connectivity index (χ4n) is 4.08. The lowest BCUT2D eigenvalue weighted by molar-refractivity contribution is -0.155. The minimum Gasteiger partial charge on any atom is -0.481 e. The van der Waals surface area contributed by atoms with Gasteiger partial charge in [0.05, 0.1) is 12.8 Å². The molecular weight excluding hydrogens is 518 g/mol. The van der Waals surface area contributed by atoms with E-state index in [0.29, 0.717) is 17.7 Å². The predicted octanol–water partition coefficient (Wildman–Crippen LogP) is 4.51. The first-order valence-electron chi connectivity index (χ1n) is 13.5. The molecule has 1 amide bonds. The molecule has 11 nitrogen and oxygen atoms in total. The molecule has 0 aromatic carbocycles. The molecule has 4 N–H and O–H groups in total. The van der Waals surface area contributed by atoms with Crippen LogP contribution in [0, 0.1) is 0 Å². The lowest BCUT2D eigenvalue weighted by Gasteiger charge is -2.29. The molecule has 0 aromatic heterocycles. The molecule has 0 aliphatic carbocycles. The molecule has 0 radical (unpaired) electrons. The number of aliphatic carboxylic acids is 3. The summed E-state index contributed by atoms with van der Waals surface area (Å²) < 4.78 is 31.7. The van der Waals surface area contributed by atoms with Gasteiger partial charge in [-0.05, 0) is 32.1 Å².